The van der Waals surface area contributed by atoms with E-state index in [-0.39, 0.29) is 0 Å². The Kier molecular flexibility index (Phi) is 3.99. The summed E-state index contributed by atoms with van der Waals surface area (Å²) in [6, 6.07) is 12.9. The number of imidazole rings is 1. The first-order valence-corrected chi connectivity index (χ1v) is 7.70. The van der Waals surface area contributed by atoms with E-state index in [1.165, 1.54) is 28.1 Å². The zero-order valence-corrected chi connectivity index (χ0v) is 13.8. The Morgan fingerprint density at radius 1 is 1.09 bits per heavy atom. The Bertz CT molecular complexity index is 800. The molecule has 0 unspecified atom stereocenters. The van der Waals surface area contributed by atoms with Crippen LogP contribution >= 0.6 is 0 Å². The van der Waals surface area contributed by atoms with Crippen LogP contribution in [0.15, 0.2) is 42.6 Å². The lowest BCUT2D eigenvalue weighted by Crippen LogP contribution is -2.14. The first-order chi connectivity index (χ1) is 10.5. The maximum absolute atomic E-state index is 4.93. The van der Waals surface area contributed by atoms with E-state index in [2.05, 4.69) is 79.8 Å². The molecular weight excluding hydrogens is 270 g/mol. The fourth-order valence-electron chi connectivity index (χ4n) is 2.92. The van der Waals surface area contributed by atoms with Gasteiger partial charge in [0.15, 0.2) is 0 Å². The highest BCUT2D eigenvalue weighted by molar-refractivity contribution is 5.51. The Hall–Kier alpha value is -2.13. The molecule has 0 atom stereocenters. The van der Waals surface area contributed by atoms with Crippen LogP contribution in [-0.4, -0.2) is 28.4 Å². The molecular formula is C19H23N3. The van der Waals surface area contributed by atoms with Crippen LogP contribution in [0.2, 0.25) is 0 Å². The van der Waals surface area contributed by atoms with Crippen molar-refractivity contribution in [2.24, 2.45) is 0 Å². The van der Waals surface area contributed by atoms with Gasteiger partial charge in [-0.25, -0.2) is 4.98 Å². The topological polar surface area (TPSA) is 20.5 Å². The van der Waals surface area contributed by atoms with E-state index in [1.54, 1.807) is 0 Å². The number of hydrogen-bond donors (Lipinski definition) is 0. The third-order valence-electron chi connectivity index (χ3n) is 3.95. The highest BCUT2D eigenvalue weighted by Crippen LogP contribution is 2.20. The number of fused-ring (bicyclic) bond motifs is 1. The number of benzene rings is 1. The molecule has 2 aromatic heterocycles. The summed E-state index contributed by atoms with van der Waals surface area (Å²) in [5, 5.41) is 0. The number of hydrogen-bond acceptors (Lipinski definition) is 2. The lowest BCUT2D eigenvalue weighted by molar-refractivity contribution is 0.394. The average molecular weight is 293 g/mol. The lowest BCUT2D eigenvalue weighted by atomic mass is 10.1. The van der Waals surface area contributed by atoms with Crippen LogP contribution in [0.5, 0.6) is 0 Å². The van der Waals surface area contributed by atoms with Gasteiger partial charge in [-0.15, -0.1) is 0 Å². The van der Waals surface area contributed by atoms with Gasteiger partial charge in [0.05, 0.1) is 11.4 Å². The highest BCUT2D eigenvalue weighted by atomic mass is 15.1. The van der Waals surface area contributed by atoms with E-state index in [9.17, 15) is 0 Å². The van der Waals surface area contributed by atoms with Crippen LogP contribution in [0.25, 0.3) is 5.65 Å². The zero-order chi connectivity index (χ0) is 15.7. The predicted molar refractivity (Wildman–Crippen MR) is 91.3 cm³/mol. The van der Waals surface area contributed by atoms with Crippen LogP contribution in [0.3, 0.4) is 0 Å². The van der Waals surface area contributed by atoms with Crippen molar-refractivity contribution < 1.29 is 0 Å². The first kappa shape index (κ1) is 14.8. The van der Waals surface area contributed by atoms with Gasteiger partial charge in [-0.05, 0) is 45.1 Å². The van der Waals surface area contributed by atoms with Crippen LogP contribution in [-0.2, 0) is 13.0 Å². The second-order valence-electron chi connectivity index (χ2n) is 6.29. The largest absolute Gasteiger partial charge is 0.304 e. The molecule has 0 fully saturated rings. The van der Waals surface area contributed by atoms with Gasteiger partial charge in [0.25, 0.3) is 0 Å². The third kappa shape index (κ3) is 2.90. The number of nitrogens with zero attached hydrogens (tertiary/aromatic N) is 3. The molecule has 2 heterocycles. The van der Waals surface area contributed by atoms with Gasteiger partial charge in [0.2, 0.25) is 0 Å². The van der Waals surface area contributed by atoms with Crippen molar-refractivity contribution in [2.75, 3.05) is 14.1 Å². The summed E-state index contributed by atoms with van der Waals surface area (Å²) >= 11 is 0. The summed E-state index contributed by atoms with van der Waals surface area (Å²) in [6.45, 7) is 5.15. The summed E-state index contributed by atoms with van der Waals surface area (Å²) in [5.74, 6) is 0. The number of pyridine rings is 1. The van der Waals surface area contributed by atoms with Crippen LogP contribution in [0, 0.1) is 13.8 Å². The summed E-state index contributed by atoms with van der Waals surface area (Å²) in [4.78, 5) is 7.13. The molecule has 1 aromatic carbocycles. The van der Waals surface area contributed by atoms with E-state index in [0.717, 1.165) is 18.6 Å². The quantitative estimate of drug-likeness (QED) is 0.732. The molecule has 3 nitrogen and oxygen atoms in total. The van der Waals surface area contributed by atoms with E-state index < -0.39 is 0 Å². The average Bonchev–Trinajstić information content (AvgIpc) is 2.78. The van der Waals surface area contributed by atoms with Crippen LogP contribution < -0.4 is 0 Å². The van der Waals surface area contributed by atoms with Gasteiger partial charge < -0.3 is 9.30 Å². The van der Waals surface area contributed by atoms with Crippen LogP contribution in [0.1, 0.15) is 28.1 Å². The molecule has 0 spiro atoms. The second-order valence-corrected chi connectivity index (χ2v) is 6.29. The monoisotopic (exact) mass is 293 g/mol. The molecule has 0 aliphatic heterocycles. The summed E-state index contributed by atoms with van der Waals surface area (Å²) < 4.78 is 2.24. The molecule has 0 aliphatic carbocycles. The minimum atomic E-state index is 0.881. The molecule has 0 aliphatic rings. The zero-order valence-electron chi connectivity index (χ0n) is 13.8. The molecule has 0 saturated heterocycles. The maximum Gasteiger partial charge on any atom is 0.140 e. The van der Waals surface area contributed by atoms with E-state index in [0.29, 0.717) is 0 Å². The summed E-state index contributed by atoms with van der Waals surface area (Å²) in [6.07, 6.45) is 3.00. The van der Waals surface area contributed by atoms with Crippen molar-refractivity contribution in [1.29, 1.82) is 0 Å². The number of aromatic nitrogens is 2. The SMILES string of the molecule is Cc1cccc(Cc2nc3c(C)cccn3c2CN(C)C)c1. The molecule has 0 radical (unpaired) electrons. The third-order valence-corrected chi connectivity index (χ3v) is 3.95. The van der Waals surface area contributed by atoms with E-state index in [4.69, 9.17) is 4.98 Å². The first-order valence-electron chi connectivity index (χ1n) is 7.70. The van der Waals surface area contributed by atoms with Gasteiger partial charge >= 0.3 is 0 Å². The fraction of sp³-hybridized carbons (Fsp3) is 0.316. The Morgan fingerprint density at radius 2 is 1.91 bits per heavy atom. The Balaban J connectivity index is 2.09. The standard InChI is InChI=1S/C19H23N3/c1-14-7-5-9-16(11-14)12-17-18(13-21(3)4)22-10-6-8-15(2)19(22)20-17/h5-11H,12-13H2,1-4H3. The Labute approximate surface area is 132 Å². The van der Waals surface area contributed by atoms with Crippen molar-refractivity contribution in [1.82, 2.24) is 14.3 Å². The smallest absolute Gasteiger partial charge is 0.140 e. The van der Waals surface area contributed by atoms with E-state index >= 15 is 0 Å². The molecule has 0 amide bonds. The molecule has 3 rings (SSSR count). The van der Waals surface area contributed by atoms with Crippen molar-refractivity contribution in [3.8, 4) is 0 Å². The van der Waals surface area contributed by atoms with Crippen molar-refractivity contribution >= 4 is 5.65 Å². The van der Waals surface area contributed by atoms with Gasteiger partial charge in [0.1, 0.15) is 5.65 Å². The lowest BCUT2D eigenvalue weighted by Gasteiger charge is -2.11. The van der Waals surface area contributed by atoms with Crippen LogP contribution in [0.4, 0.5) is 0 Å². The fourth-order valence-corrected chi connectivity index (χ4v) is 2.92. The second kappa shape index (κ2) is 5.93. The minimum absolute atomic E-state index is 0.881. The normalized spacial score (nSPS) is 11.5. The Morgan fingerprint density at radius 3 is 2.64 bits per heavy atom. The van der Waals surface area contributed by atoms with Crippen molar-refractivity contribution in [3.05, 3.63) is 70.7 Å². The summed E-state index contributed by atoms with van der Waals surface area (Å²) in [7, 11) is 4.21. The van der Waals surface area contributed by atoms with Crippen molar-refractivity contribution in [2.45, 2.75) is 26.8 Å². The van der Waals surface area contributed by atoms with Gasteiger partial charge in [-0.2, -0.15) is 0 Å². The molecule has 0 bridgehead atoms. The number of rotatable bonds is 4. The molecule has 22 heavy (non-hydrogen) atoms. The molecule has 3 aromatic rings. The molecule has 0 saturated carbocycles. The minimum Gasteiger partial charge on any atom is -0.304 e. The van der Waals surface area contributed by atoms with Gasteiger partial charge in [-0.1, -0.05) is 35.9 Å². The van der Waals surface area contributed by atoms with Gasteiger partial charge in [0, 0.05) is 19.2 Å². The number of aryl methyl sites for hydroxylation is 2. The van der Waals surface area contributed by atoms with E-state index in [1.807, 2.05) is 0 Å². The molecule has 114 valence electrons. The highest BCUT2D eigenvalue weighted by Gasteiger charge is 2.14. The molecule has 0 N–H and O–H groups in total. The maximum atomic E-state index is 4.93. The molecule has 3 heteroatoms. The predicted octanol–water partition coefficient (Wildman–Crippen LogP) is 3.60. The van der Waals surface area contributed by atoms with Crippen molar-refractivity contribution in [3.63, 3.8) is 0 Å². The van der Waals surface area contributed by atoms with Gasteiger partial charge in [-0.3, -0.25) is 0 Å². The summed E-state index contributed by atoms with van der Waals surface area (Å²) in [5.41, 5.74) is 7.37.